The van der Waals surface area contributed by atoms with Gasteiger partial charge in [0.15, 0.2) is 0 Å². The number of ether oxygens (including phenoxy) is 1. The van der Waals surface area contributed by atoms with Crippen molar-refractivity contribution in [1.82, 2.24) is 0 Å². The zero-order valence-electron chi connectivity index (χ0n) is 10.7. The van der Waals surface area contributed by atoms with Gasteiger partial charge in [-0.15, -0.1) is 0 Å². The molecule has 0 heterocycles. The van der Waals surface area contributed by atoms with Crippen molar-refractivity contribution in [3.63, 3.8) is 0 Å². The summed E-state index contributed by atoms with van der Waals surface area (Å²) in [6.45, 7) is 0. The standard InChI is InChI=1S/C13H23NO2S/c1-16-13(15)10-7-8-5-3-4-6-9(8)12(17-2)11(10)14/h8-12H,3-7,14H2,1-2H3. The smallest absolute Gasteiger partial charge is 0.310 e. The molecule has 0 aliphatic heterocycles. The third-order valence-electron chi connectivity index (χ3n) is 4.57. The van der Waals surface area contributed by atoms with Gasteiger partial charge < -0.3 is 10.5 Å². The molecule has 2 fully saturated rings. The highest BCUT2D eigenvalue weighted by Crippen LogP contribution is 2.46. The van der Waals surface area contributed by atoms with Crippen LogP contribution in [0.1, 0.15) is 32.1 Å². The Morgan fingerprint density at radius 2 is 2.06 bits per heavy atom. The van der Waals surface area contributed by atoms with E-state index in [2.05, 4.69) is 6.26 Å². The van der Waals surface area contributed by atoms with Crippen LogP contribution in [0.3, 0.4) is 0 Å². The highest BCUT2D eigenvalue weighted by atomic mass is 32.2. The van der Waals surface area contributed by atoms with Crippen LogP contribution in [0.2, 0.25) is 0 Å². The molecule has 0 bridgehead atoms. The molecule has 0 aromatic rings. The lowest BCUT2D eigenvalue weighted by Crippen LogP contribution is -2.54. The first-order chi connectivity index (χ1) is 8.19. The molecule has 2 rings (SSSR count). The van der Waals surface area contributed by atoms with Crippen LogP contribution in [0, 0.1) is 17.8 Å². The lowest BCUT2D eigenvalue weighted by Gasteiger charge is -2.46. The second-order valence-electron chi connectivity index (χ2n) is 5.35. The van der Waals surface area contributed by atoms with Gasteiger partial charge in [-0.05, 0) is 30.9 Å². The molecular weight excluding hydrogens is 234 g/mol. The summed E-state index contributed by atoms with van der Waals surface area (Å²) in [5.74, 6) is 1.21. The molecule has 0 amide bonds. The minimum Gasteiger partial charge on any atom is -0.469 e. The van der Waals surface area contributed by atoms with Crippen LogP contribution in [0.5, 0.6) is 0 Å². The third-order valence-corrected chi connectivity index (χ3v) is 5.77. The molecule has 0 aromatic heterocycles. The van der Waals surface area contributed by atoms with Gasteiger partial charge in [0.05, 0.1) is 13.0 Å². The van der Waals surface area contributed by atoms with E-state index in [-0.39, 0.29) is 17.9 Å². The van der Waals surface area contributed by atoms with Crippen molar-refractivity contribution in [2.24, 2.45) is 23.5 Å². The fourth-order valence-corrected chi connectivity index (χ4v) is 4.91. The number of hydrogen-bond acceptors (Lipinski definition) is 4. The van der Waals surface area contributed by atoms with E-state index in [0.29, 0.717) is 11.2 Å². The van der Waals surface area contributed by atoms with Gasteiger partial charge in [0.2, 0.25) is 0 Å². The first kappa shape index (κ1) is 13.2. The summed E-state index contributed by atoms with van der Waals surface area (Å²) in [4.78, 5) is 11.8. The highest BCUT2D eigenvalue weighted by molar-refractivity contribution is 7.99. The number of methoxy groups -OCH3 is 1. The number of esters is 1. The molecule has 0 spiro atoms. The average molecular weight is 257 g/mol. The molecule has 98 valence electrons. The molecule has 17 heavy (non-hydrogen) atoms. The Kier molecular flexibility index (Phi) is 4.36. The van der Waals surface area contributed by atoms with Crippen molar-refractivity contribution in [3.05, 3.63) is 0 Å². The summed E-state index contributed by atoms with van der Waals surface area (Å²) in [6.07, 6.45) is 8.25. The average Bonchev–Trinajstić information content (AvgIpc) is 2.37. The fourth-order valence-electron chi connectivity index (χ4n) is 3.70. The minimum absolute atomic E-state index is 0.0307. The van der Waals surface area contributed by atoms with Gasteiger partial charge >= 0.3 is 5.97 Å². The molecule has 4 heteroatoms. The van der Waals surface area contributed by atoms with Crippen LogP contribution < -0.4 is 5.73 Å². The van der Waals surface area contributed by atoms with Crippen LogP contribution in [-0.2, 0) is 9.53 Å². The third kappa shape index (κ3) is 2.48. The van der Waals surface area contributed by atoms with Crippen LogP contribution in [-0.4, -0.2) is 30.6 Å². The Bertz CT molecular complexity index is 285. The van der Waals surface area contributed by atoms with Crippen molar-refractivity contribution in [1.29, 1.82) is 0 Å². The Morgan fingerprint density at radius 1 is 1.35 bits per heavy atom. The number of nitrogens with two attached hydrogens (primary N) is 1. The molecule has 2 saturated carbocycles. The summed E-state index contributed by atoms with van der Waals surface area (Å²) in [6, 6.07) is -0.0307. The van der Waals surface area contributed by atoms with E-state index in [9.17, 15) is 4.79 Å². The molecule has 2 aliphatic carbocycles. The SMILES string of the molecule is COC(=O)C1CC2CCCCC2C(SC)C1N. The van der Waals surface area contributed by atoms with E-state index in [1.54, 1.807) is 0 Å². The van der Waals surface area contributed by atoms with E-state index in [1.165, 1.54) is 32.8 Å². The Hall–Kier alpha value is -0.220. The maximum absolute atomic E-state index is 11.8. The monoisotopic (exact) mass is 257 g/mol. The van der Waals surface area contributed by atoms with Crippen LogP contribution in [0.25, 0.3) is 0 Å². The number of rotatable bonds is 2. The zero-order chi connectivity index (χ0) is 12.4. The second kappa shape index (κ2) is 5.61. The Labute approximate surface area is 108 Å². The van der Waals surface area contributed by atoms with Gasteiger partial charge in [0, 0.05) is 11.3 Å². The summed E-state index contributed by atoms with van der Waals surface area (Å²) >= 11 is 1.84. The summed E-state index contributed by atoms with van der Waals surface area (Å²) in [5.41, 5.74) is 6.30. The number of carbonyl (C=O) groups excluding carboxylic acids is 1. The predicted molar refractivity (Wildman–Crippen MR) is 70.8 cm³/mol. The van der Waals surface area contributed by atoms with Crippen molar-refractivity contribution < 1.29 is 9.53 Å². The molecule has 0 saturated heterocycles. The highest BCUT2D eigenvalue weighted by Gasteiger charge is 2.46. The first-order valence-electron chi connectivity index (χ1n) is 6.55. The molecule has 0 aromatic carbocycles. The van der Waals surface area contributed by atoms with E-state index in [1.807, 2.05) is 11.8 Å². The largest absolute Gasteiger partial charge is 0.469 e. The molecule has 5 atom stereocenters. The number of thioether (sulfide) groups is 1. The van der Waals surface area contributed by atoms with Gasteiger partial charge in [-0.25, -0.2) is 0 Å². The molecular formula is C13H23NO2S. The van der Waals surface area contributed by atoms with E-state index in [4.69, 9.17) is 10.5 Å². The van der Waals surface area contributed by atoms with Crippen LogP contribution >= 0.6 is 11.8 Å². The quantitative estimate of drug-likeness (QED) is 0.769. The van der Waals surface area contributed by atoms with Gasteiger partial charge in [0.1, 0.15) is 0 Å². The maximum atomic E-state index is 11.8. The van der Waals surface area contributed by atoms with E-state index in [0.717, 1.165) is 12.3 Å². The van der Waals surface area contributed by atoms with Crippen molar-refractivity contribution in [2.75, 3.05) is 13.4 Å². The predicted octanol–water partition coefficient (Wildman–Crippen LogP) is 2.04. The summed E-state index contributed by atoms with van der Waals surface area (Å²) < 4.78 is 4.90. The molecule has 2 aliphatic rings. The first-order valence-corrected chi connectivity index (χ1v) is 7.84. The fraction of sp³-hybridized carbons (Fsp3) is 0.923. The molecule has 3 nitrogen and oxygen atoms in total. The van der Waals surface area contributed by atoms with Gasteiger partial charge in [0.25, 0.3) is 0 Å². The van der Waals surface area contributed by atoms with Crippen LogP contribution in [0.4, 0.5) is 0 Å². The Balaban J connectivity index is 2.15. The van der Waals surface area contributed by atoms with E-state index < -0.39 is 0 Å². The van der Waals surface area contributed by atoms with Crippen LogP contribution in [0.15, 0.2) is 0 Å². The van der Waals surface area contributed by atoms with E-state index >= 15 is 0 Å². The zero-order valence-corrected chi connectivity index (χ0v) is 11.5. The number of fused-ring (bicyclic) bond motifs is 1. The maximum Gasteiger partial charge on any atom is 0.310 e. The Morgan fingerprint density at radius 3 is 2.71 bits per heavy atom. The van der Waals surface area contributed by atoms with Gasteiger partial charge in [-0.1, -0.05) is 19.3 Å². The summed E-state index contributed by atoms with van der Waals surface area (Å²) in [7, 11) is 1.47. The minimum atomic E-state index is -0.111. The number of carbonyl (C=O) groups is 1. The van der Waals surface area contributed by atoms with Crippen molar-refractivity contribution in [2.45, 2.75) is 43.4 Å². The molecule has 2 N–H and O–H groups in total. The van der Waals surface area contributed by atoms with Crippen molar-refractivity contribution in [3.8, 4) is 0 Å². The summed E-state index contributed by atoms with van der Waals surface area (Å²) in [5, 5.41) is 0.429. The van der Waals surface area contributed by atoms with Gasteiger partial charge in [-0.3, -0.25) is 4.79 Å². The molecule has 0 radical (unpaired) electrons. The molecule has 5 unspecified atom stereocenters. The second-order valence-corrected chi connectivity index (χ2v) is 6.37. The lowest BCUT2D eigenvalue weighted by atomic mass is 9.65. The van der Waals surface area contributed by atoms with Gasteiger partial charge in [-0.2, -0.15) is 11.8 Å². The topological polar surface area (TPSA) is 52.3 Å². The lowest BCUT2D eigenvalue weighted by molar-refractivity contribution is -0.148. The number of hydrogen-bond donors (Lipinski definition) is 1. The van der Waals surface area contributed by atoms with Crippen molar-refractivity contribution >= 4 is 17.7 Å². The normalized spacial score (nSPS) is 41.7.